The Kier molecular flexibility index (Phi) is 3.28. The minimum absolute atomic E-state index is 0.120. The highest BCUT2D eigenvalue weighted by atomic mass is 16.5. The molecule has 0 aliphatic rings. The lowest BCUT2D eigenvalue weighted by Crippen LogP contribution is -2.43. The molecule has 1 aromatic carbocycles. The first-order valence-corrected chi connectivity index (χ1v) is 6.02. The Bertz CT molecular complexity index is 640. The number of aromatic amines is 1. The van der Waals surface area contributed by atoms with Crippen LogP contribution in [0, 0.1) is 0 Å². The van der Waals surface area contributed by atoms with Gasteiger partial charge in [-0.15, -0.1) is 0 Å². The molecule has 1 aromatic heterocycles. The molecule has 0 amide bonds. The van der Waals surface area contributed by atoms with E-state index in [1.165, 1.54) is 0 Å². The molecule has 0 aliphatic carbocycles. The van der Waals surface area contributed by atoms with Gasteiger partial charge < -0.3 is 19.8 Å². The Labute approximate surface area is 111 Å². The van der Waals surface area contributed by atoms with Crippen molar-refractivity contribution in [3.8, 4) is 5.75 Å². The SMILES string of the molecule is CN(C)C(C)(C)COc1cc2[nH]c(=O)oc2cc1N. The first-order chi connectivity index (χ1) is 8.79. The van der Waals surface area contributed by atoms with E-state index < -0.39 is 5.76 Å². The standard InChI is InChI=1S/C13H19N3O3/c1-13(2,16(3)4)7-18-10-6-9-11(5-8(10)14)19-12(17)15-9/h5-6H,7,14H2,1-4H3,(H,15,17). The van der Waals surface area contributed by atoms with Crippen LogP contribution in [0.1, 0.15) is 13.8 Å². The molecule has 0 spiro atoms. The topological polar surface area (TPSA) is 84.5 Å². The lowest BCUT2D eigenvalue weighted by Gasteiger charge is -2.32. The minimum Gasteiger partial charge on any atom is -0.489 e. The Hall–Kier alpha value is -1.95. The average molecular weight is 265 g/mol. The predicted octanol–water partition coefficient (Wildman–Crippen LogP) is 1.42. The third-order valence-electron chi connectivity index (χ3n) is 3.34. The molecule has 0 aliphatic heterocycles. The fraction of sp³-hybridized carbons (Fsp3) is 0.462. The van der Waals surface area contributed by atoms with Gasteiger partial charge in [-0.3, -0.25) is 4.98 Å². The molecule has 1 heterocycles. The van der Waals surface area contributed by atoms with Crippen LogP contribution < -0.4 is 16.2 Å². The first kappa shape index (κ1) is 13.5. The number of H-pyrrole nitrogens is 1. The second-order valence-electron chi connectivity index (χ2n) is 5.40. The van der Waals surface area contributed by atoms with Gasteiger partial charge in [0.05, 0.1) is 11.2 Å². The predicted molar refractivity (Wildman–Crippen MR) is 74.5 cm³/mol. The van der Waals surface area contributed by atoms with Gasteiger partial charge >= 0.3 is 5.76 Å². The number of hydrogen-bond acceptors (Lipinski definition) is 5. The number of rotatable bonds is 4. The van der Waals surface area contributed by atoms with Crippen LogP contribution in [0.25, 0.3) is 11.1 Å². The number of nitrogens with one attached hydrogen (secondary N) is 1. The largest absolute Gasteiger partial charge is 0.489 e. The Balaban J connectivity index is 2.25. The van der Waals surface area contributed by atoms with E-state index >= 15 is 0 Å². The zero-order chi connectivity index (χ0) is 14.2. The lowest BCUT2D eigenvalue weighted by molar-refractivity contribution is 0.114. The number of hydrogen-bond donors (Lipinski definition) is 2. The summed E-state index contributed by atoms with van der Waals surface area (Å²) >= 11 is 0. The molecule has 3 N–H and O–H groups in total. The third kappa shape index (κ3) is 2.73. The molecule has 19 heavy (non-hydrogen) atoms. The summed E-state index contributed by atoms with van der Waals surface area (Å²) in [5, 5.41) is 0. The van der Waals surface area contributed by atoms with Crippen LogP contribution in [0.2, 0.25) is 0 Å². The summed E-state index contributed by atoms with van der Waals surface area (Å²) in [7, 11) is 3.98. The van der Waals surface area contributed by atoms with Crippen molar-refractivity contribution in [2.24, 2.45) is 0 Å². The number of likely N-dealkylation sites (N-methyl/N-ethyl adjacent to an activating group) is 1. The number of anilines is 1. The van der Waals surface area contributed by atoms with Crippen LogP contribution in [-0.2, 0) is 0 Å². The van der Waals surface area contributed by atoms with Gasteiger partial charge in [0, 0.05) is 17.7 Å². The smallest absolute Gasteiger partial charge is 0.417 e. The van der Waals surface area contributed by atoms with Crippen molar-refractivity contribution >= 4 is 16.8 Å². The zero-order valence-electron chi connectivity index (χ0n) is 11.6. The molecule has 6 nitrogen and oxygen atoms in total. The molecule has 0 atom stereocenters. The molecule has 0 radical (unpaired) electrons. The number of aromatic nitrogens is 1. The second-order valence-corrected chi connectivity index (χ2v) is 5.40. The van der Waals surface area contributed by atoms with Crippen molar-refractivity contribution in [3.05, 3.63) is 22.7 Å². The molecule has 104 valence electrons. The molecule has 0 bridgehead atoms. The number of nitrogens with zero attached hydrogens (tertiary/aromatic N) is 1. The van der Waals surface area contributed by atoms with Gasteiger partial charge in [0.2, 0.25) is 0 Å². The fourth-order valence-corrected chi connectivity index (χ4v) is 1.50. The van der Waals surface area contributed by atoms with Gasteiger partial charge in [0.15, 0.2) is 5.58 Å². The maximum absolute atomic E-state index is 11.1. The highest BCUT2D eigenvalue weighted by Crippen LogP contribution is 2.27. The van der Waals surface area contributed by atoms with E-state index in [9.17, 15) is 4.79 Å². The van der Waals surface area contributed by atoms with Gasteiger partial charge in [0.25, 0.3) is 0 Å². The van der Waals surface area contributed by atoms with Crippen molar-refractivity contribution < 1.29 is 9.15 Å². The number of oxazole rings is 1. The number of nitrogen functional groups attached to an aromatic ring is 1. The maximum Gasteiger partial charge on any atom is 0.417 e. The van der Waals surface area contributed by atoms with Crippen LogP contribution in [0.3, 0.4) is 0 Å². The molecule has 0 fully saturated rings. The molecular weight excluding hydrogens is 246 g/mol. The number of nitrogens with two attached hydrogens (primary N) is 1. The molecule has 0 saturated heterocycles. The van der Waals surface area contributed by atoms with Crippen molar-refractivity contribution in [2.75, 3.05) is 26.4 Å². The number of ether oxygens (including phenoxy) is 1. The van der Waals surface area contributed by atoms with E-state index in [2.05, 4.69) is 23.7 Å². The lowest BCUT2D eigenvalue weighted by atomic mass is 10.1. The van der Waals surface area contributed by atoms with Crippen LogP contribution in [0.5, 0.6) is 5.75 Å². The van der Waals surface area contributed by atoms with E-state index in [0.717, 1.165) is 0 Å². The summed E-state index contributed by atoms with van der Waals surface area (Å²) in [6, 6.07) is 3.27. The van der Waals surface area contributed by atoms with Crippen molar-refractivity contribution in [2.45, 2.75) is 19.4 Å². The fourth-order valence-electron chi connectivity index (χ4n) is 1.50. The molecule has 6 heteroatoms. The average Bonchev–Trinajstić information content (AvgIpc) is 2.65. The maximum atomic E-state index is 11.1. The van der Waals surface area contributed by atoms with E-state index in [0.29, 0.717) is 29.1 Å². The van der Waals surface area contributed by atoms with E-state index in [-0.39, 0.29) is 5.54 Å². The van der Waals surface area contributed by atoms with Crippen molar-refractivity contribution in [1.82, 2.24) is 9.88 Å². The first-order valence-electron chi connectivity index (χ1n) is 6.02. The summed E-state index contributed by atoms with van der Waals surface area (Å²) in [5.41, 5.74) is 7.23. The van der Waals surface area contributed by atoms with E-state index in [1.807, 2.05) is 14.1 Å². The molecule has 0 unspecified atom stereocenters. The monoisotopic (exact) mass is 265 g/mol. The normalized spacial score (nSPS) is 12.3. The summed E-state index contributed by atoms with van der Waals surface area (Å²) in [5.74, 6) is 0.0413. The van der Waals surface area contributed by atoms with Crippen LogP contribution in [0.15, 0.2) is 21.3 Å². The van der Waals surface area contributed by atoms with Gasteiger partial charge in [-0.25, -0.2) is 4.79 Å². The molecular formula is C13H19N3O3. The van der Waals surface area contributed by atoms with Gasteiger partial charge in [-0.1, -0.05) is 0 Å². The van der Waals surface area contributed by atoms with Crippen LogP contribution >= 0.6 is 0 Å². The summed E-state index contributed by atoms with van der Waals surface area (Å²) in [6.45, 7) is 4.63. The Morgan fingerprint density at radius 1 is 1.42 bits per heavy atom. The molecule has 2 rings (SSSR count). The Morgan fingerprint density at radius 3 is 2.74 bits per heavy atom. The van der Waals surface area contributed by atoms with Gasteiger partial charge in [-0.05, 0) is 27.9 Å². The minimum atomic E-state index is -0.500. The highest BCUT2D eigenvalue weighted by molar-refractivity contribution is 5.80. The van der Waals surface area contributed by atoms with Gasteiger partial charge in [-0.2, -0.15) is 0 Å². The Morgan fingerprint density at radius 2 is 2.11 bits per heavy atom. The van der Waals surface area contributed by atoms with E-state index in [4.69, 9.17) is 14.9 Å². The van der Waals surface area contributed by atoms with Gasteiger partial charge in [0.1, 0.15) is 12.4 Å². The highest BCUT2D eigenvalue weighted by Gasteiger charge is 2.22. The quantitative estimate of drug-likeness (QED) is 0.817. The van der Waals surface area contributed by atoms with Crippen LogP contribution in [0.4, 0.5) is 5.69 Å². The number of fused-ring (bicyclic) bond motifs is 1. The van der Waals surface area contributed by atoms with E-state index in [1.54, 1.807) is 12.1 Å². The zero-order valence-corrected chi connectivity index (χ0v) is 11.6. The summed E-state index contributed by atoms with van der Waals surface area (Å²) < 4.78 is 10.7. The number of benzene rings is 1. The molecule has 2 aromatic rings. The van der Waals surface area contributed by atoms with Crippen molar-refractivity contribution in [3.63, 3.8) is 0 Å². The van der Waals surface area contributed by atoms with Crippen LogP contribution in [-0.4, -0.2) is 36.1 Å². The molecule has 0 saturated carbocycles. The second kappa shape index (κ2) is 4.62. The third-order valence-corrected chi connectivity index (χ3v) is 3.34. The van der Waals surface area contributed by atoms with Crippen molar-refractivity contribution in [1.29, 1.82) is 0 Å². The summed E-state index contributed by atoms with van der Waals surface area (Å²) in [4.78, 5) is 15.8. The summed E-state index contributed by atoms with van der Waals surface area (Å²) in [6.07, 6.45) is 0.